The van der Waals surface area contributed by atoms with Crippen LogP contribution in [0, 0.1) is 0 Å². The fourth-order valence-corrected chi connectivity index (χ4v) is 3.19. The van der Waals surface area contributed by atoms with Crippen LogP contribution in [-0.4, -0.2) is 28.8 Å². The number of nitrogens with zero attached hydrogens (tertiary/aromatic N) is 2. The topological polar surface area (TPSA) is 73.2 Å². The van der Waals surface area contributed by atoms with Crippen molar-refractivity contribution in [2.45, 2.75) is 38.1 Å². The SMILES string of the molecule is COc1cccc(CCC(=O)N[C@H]2CCc3nn(C)c(=O)cc3C2)c1. The first-order valence-corrected chi connectivity index (χ1v) is 8.53. The van der Waals surface area contributed by atoms with Gasteiger partial charge in [-0.3, -0.25) is 9.59 Å². The largest absolute Gasteiger partial charge is 0.497 e. The zero-order valence-electron chi connectivity index (χ0n) is 14.6. The summed E-state index contributed by atoms with van der Waals surface area (Å²) in [5.41, 5.74) is 2.89. The number of nitrogens with one attached hydrogen (secondary N) is 1. The molecule has 0 saturated carbocycles. The molecule has 0 unspecified atom stereocenters. The molecule has 1 amide bonds. The lowest BCUT2D eigenvalue weighted by Gasteiger charge is -2.24. The number of fused-ring (bicyclic) bond motifs is 1. The molecule has 1 N–H and O–H groups in total. The highest BCUT2D eigenvalue weighted by atomic mass is 16.5. The van der Waals surface area contributed by atoms with Crippen LogP contribution in [0.4, 0.5) is 0 Å². The third-order valence-electron chi connectivity index (χ3n) is 4.59. The number of hydrogen-bond acceptors (Lipinski definition) is 4. The van der Waals surface area contributed by atoms with Gasteiger partial charge in [-0.1, -0.05) is 12.1 Å². The van der Waals surface area contributed by atoms with Crippen LogP contribution in [-0.2, 0) is 31.1 Å². The molecule has 1 aromatic carbocycles. The summed E-state index contributed by atoms with van der Waals surface area (Å²) in [4.78, 5) is 24.0. The Morgan fingerprint density at radius 3 is 3.04 bits per heavy atom. The van der Waals surface area contributed by atoms with Crippen molar-refractivity contribution >= 4 is 5.91 Å². The molecule has 6 nitrogen and oxygen atoms in total. The van der Waals surface area contributed by atoms with Crippen molar-refractivity contribution in [1.82, 2.24) is 15.1 Å². The molecule has 132 valence electrons. The van der Waals surface area contributed by atoms with E-state index >= 15 is 0 Å². The molecule has 6 heteroatoms. The van der Waals surface area contributed by atoms with Gasteiger partial charge in [0.1, 0.15) is 5.75 Å². The molecular formula is C19H23N3O3. The van der Waals surface area contributed by atoms with Crippen LogP contribution < -0.4 is 15.6 Å². The fraction of sp³-hybridized carbons (Fsp3) is 0.421. The molecule has 0 aliphatic heterocycles. The van der Waals surface area contributed by atoms with E-state index in [4.69, 9.17) is 4.74 Å². The van der Waals surface area contributed by atoms with Crippen LogP contribution in [0.25, 0.3) is 0 Å². The lowest BCUT2D eigenvalue weighted by Crippen LogP contribution is -2.40. The van der Waals surface area contributed by atoms with Gasteiger partial charge < -0.3 is 10.1 Å². The number of benzene rings is 1. The second-order valence-electron chi connectivity index (χ2n) is 6.44. The van der Waals surface area contributed by atoms with Gasteiger partial charge in [-0.2, -0.15) is 5.10 Å². The van der Waals surface area contributed by atoms with E-state index in [0.29, 0.717) is 19.3 Å². The number of methoxy groups -OCH3 is 1. The maximum atomic E-state index is 12.2. The van der Waals surface area contributed by atoms with Gasteiger partial charge in [0, 0.05) is 25.6 Å². The summed E-state index contributed by atoms with van der Waals surface area (Å²) in [5.74, 6) is 0.837. The van der Waals surface area contributed by atoms with Crippen molar-refractivity contribution in [3.8, 4) is 5.75 Å². The monoisotopic (exact) mass is 341 g/mol. The number of carbonyl (C=O) groups excluding carboxylic acids is 1. The summed E-state index contributed by atoms with van der Waals surface area (Å²) in [6.07, 6.45) is 3.41. The lowest BCUT2D eigenvalue weighted by atomic mass is 9.92. The summed E-state index contributed by atoms with van der Waals surface area (Å²) in [6.45, 7) is 0. The van der Waals surface area contributed by atoms with Gasteiger partial charge in [0.25, 0.3) is 5.56 Å². The molecule has 1 aliphatic carbocycles. The predicted molar refractivity (Wildman–Crippen MR) is 94.7 cm³/mol. The molecule has 1 heterocycles. The van der Waals surface area contributed by atoms with Gasteiger partial charge in [-0.25, -0.2) is 4.68 Å². The van der Waals surface area contributed by atoms with E-state index in [-0.39, 0.29) is 17.5 Å². The predicted octanol–water partition coefficient (Wildman–Crippen LogP) is 1.40. The quantitative estimate of drug-likeness (QED) is 0.892. The summed E-state index contributed by atoms with van der Waals surface area (Å²) in [5, 5.41) is 7.38. The maximum Gasteiger partial charge on any atom is 0.266 e. The number of aryl methyl sites for hydroxylation is 3. The average Bonchev–Trinajstić information content (AvgIpc) is 2.61. The smallest absolute Gasteiger partial charge is 0.266 e. The molecule has 1 atom stereocenters. The van der Waals surface area contributed by atoms with Crippen LogP contribution in [0.3, 0.4) is 0 Å². The van der Waals surface area contributed by atoms with Crippen LogP contribution in [0.5, 0.6) is 5.75 Å². The number of amides is 1. The van der Waals surface area contributed by atoms with E-state index in [2.05, 4.69) is 10.4 Å². The molecule has 0 spiro atoms. The summed E-state index contributed by atoms with van der Waals surface area (Å²) < 4.78 is 6.57. The second-order valence-corrected chi connectivity index (χ2v) is 6.44. The molecule has 0 fully saturated rings. The lowest BCUT2D eigenvalue weighted by molar-refractivity contribution is -0.121. The van der Waals surface area contributed by atoms with Gasteiger partial charge in [-0.15, -0.1) is 0 Å². The third-order valence-corrected chi connectivity index (χ3v) is 4.59. The number of hydrogen-bond donors (Lipinski definition) is 1. The normalized spacial score (nSPS) is 16.2. The average molecular weight is 341 g/mol. The Morgan fingerprint density at radius 1 is 1.40 bits per heavy atom. The van der Waals surface area contributed by atoms with Crippen LogP contribution in [0.1, 0.15) is 29.7 Å². The van der Waals surface area contributed by atoms with Gasteiger partial charge in [0.15, 0.2) is 0 Å². The molecule has 3 rings (SSSR count). The van der Waals surface area contributed by atoms with Crippen LogP contribution in [0.15, 0.2) is 35.1 Å². The number of aromatic nitrogens is 2. The highest BCUT2D eigenvalue weighted by molar-refractivity contribution is 5.76. The van der Waals surface area contributed by atoms with E-state index in [1.54, 1.807) is 20.2 Å². The zero-order chi connectivity index (χ0) is 17.8. The number of ether oxygens (including phenoxy) is 1. The summed E-state index contributed by atoms with van der Waals surface area (Å²) >= 11 is 0. The first-order valence-electron chi connectivity index (χ1n) is 8.53. The number of carbonyl (C=O) groups is 1. The van der Waals surface area contributed by atoms with E-state index in [1.807, 2.05) is 24.3 Å². The first kappa shape index (κ1) is 17.2. The van der Waals surface area contributed by atoms with Crippen LogP contribution in [0.2, 0.25) is 0 Å². The molecule has 1 aliphatic rings. The van der Waals surface area contributed by atoms with Gasteiger partial charge in [0.2, 0.25) is 5.91 Å². The minimum Gasteiger partial charge on any atom is -0.497 e. The van der Waals surface area contributed by atoms with E-state index in [9.17, 15) is 9.59 Å². The second kappa shape index (κ2) is 7.51. The summed E-state index contributed by atoms with van der Waals surface area (Å²) in [6, 6.07) is 9.47. The van der Waals surface area contributed by atoms with Crippen molar-refractivity contribution in [1.29, 1.82) is 0 Å². The van der Waals surface area contributed by atoms with Gasteiger partial charge in [-0.05, 0) is 48.9 Å². The molecule has 1 aromatic heterocycles. The van der Waals surface area contributed by atoms with Crippen molar-refractivity contribution in [3.05, 3.63) is 57.5 Å². The molecule has 0 bridgehead atoms. The van der Waals surface area contributed by atoms with E-state index < -0.39 is 0 Å². The standard InChI is InChI=1S/C19H23N3O3/c1-22-19(24)12-14-11-15(7-8-17(14)21-22)20-18(23)9-6-13-4-3-5-16(10-13)25-2/h3-5,10,12,15H,6-9,11H2,1-2H3,(H,20,23)/t15-/m0/s1. The number of rotatable bonds is 5. The van der Waals surface area contributed by atoms with E-state index in [1.165, 1.54) is 4.68 Å². The van der Waals surface area contributed by atoms with Crippen molar-refractivity contribution in [2.24, 2.45) is 7.05 Å². The Bertz CT molecular complexity index is 829. The molecule has 0 saturated heterocycles. The molecule has 0 radical (unpaired) electrons. The minimum absolute atomic E-state index is 0.0352. The third kappa shape index (κ3) is 4.26. The Morgan fingerprint density at radius 2 is 2.24 bits per heavy atom. The van der Waals surface area contributed by atoms with Crippen LogP contribution >= 0.6 is 0 Å². The van der Waals surface area contributed by atoms with Gasteiger partial charge >= 0.3 is 0 Å². The Labute approximate surface area is 146 Å². The Kier molecular flexibility index (Phi) is 5.16. The Hall–Kier alpha value is -2.63. The fourth-order valence-electron chi connectivity index (χ4n) is 3.19. The minimum atomic E-state index is -0.108. The molecule has 25 heavy (non-hydrogen) atoms. The van der Waals surface area contributed by atoms with Crippen molar-refractivity contribution in [3.63, 3.8) is 0 Å². The maximum absolute atomic E-state index is 12.2. The Balaban J connectivity index is 1.55. The molecular weight excluding hydrogens is 318 g/mol. The highest BCUT2D eigenvalue weighted by Crippen LogP contribution is 2.18. The van der Waals surface area contributed by atoms with Gasteiger partial charge in [0.05, 0.1) is 12.8 Å². The zero-order valence-corrected chi connectivity index (χ0v) is 14.6. The highest BCUT2D eigenvalue weighted by Gasteiger charge is 2.22. The first-order chi connectivity index (χ1) is 12.0. The summed E-state index contributed by atoms with van der Waals surface area (Å²) in [7, 11) is 3.30. The van der Waals surface area contributed by atoms with E-state index in [0.717, 1.165) is 35.4 Å². The molecule has 2 aromatic rings. The van der Waals surface area contributed by atoms with Crippen molar-refractivity contribution < 1.29 is 9.53 Å². The van der Waals surface area contributed by atoms with Crippen molar-refractivity contribution in [2.75, 3.05) is 7.11 Å².